The number of carbonyl (C=O) groups is 1. The summed E-state index contributed by atoms with van der Waals surface area (Å²) in [6, 6.07) is 10.8. The highest BCUT2D eigenvalue weighted by Gasteiger charge is 2.17. The molecule has 0 radical (unpaired) electrons. The predicted octanol–water partition coefficient (Wildman–Crippen LogP) is 2.80. The van der Waals surface area contributed by atoms with E-state index in [1.165, 1.54) is 4.40 Å². The van der Waals surface area contributed by atoms with Crippen molar-refractivity contribution in [3.05, 3.63) is 74.7 Å². The summed E-state index contributed by atoms with van der Waals surface area (Å²) in [5, 5.41) is 9.17. The Morgan fingerprint density at radius 3 is 2.54 bits per heavy atom. The monoisotopic (exact) mass is 374 g/mol. The molecule has 1 aromatic carbocycles. The molecule has 0 aliphatic heterocycles. The summed E-state index contributed by atoms with van der Waals surface area (Å²) in [6.07, 6.45) is 2.68. The Labute approximate surface area is 161 Å². The van der Waals surface area contributed by atoms with Crippen molar-refractivity contribution in [2.75, 3.05) is 0 Å². The van der Waals surface area contributed by atoms with Gasteiger partial charge in [-0.1, -0.05) is 12.1 Å². The van der Waals surface area contributed by atoms with Crippen LogP contribution in [0.25, 0.3) is 11.7 Å². The highest BCUT2D eigenvalue weighted by molar-refractivity contribution is 6.00. The van der Waals surface area contributed by atoms with E-state index in [-0.39, 0.29) is 17.0 Å². The van der Waals surface area contributed by atoms with Gasteiger partial charge in [0.05, 0.1) is 0 Å². The first-order valence-electron chi connectivity index (χ1n) is 8.50. The van der Waals surface area contributed by atoms with Crippen LogP contribution < -0.4 is 16.0 Å². The number of ether oxygens (including phenoxy) is 1. The van der Waals surface area contributed by atoms with Crippen molar-refractivity contribution in [1.82, 2.24) is 9.38 Å². The third-order valence-corrected chi connectivity index (χ3v) is 4.13. The van der Waals surface area contributed by atoms with Crippen LogP contribution in [0.1, 0.15) is 22.3 Å². The fraction of sp³-hybridized carbons (Fsp3) is 0.143. The van der Waals surface area contributed by atoms with Gasteiger partial charge in [-0.15, -0.1) is 0 Å². The fourth-order valence-electron chi connectivity index (χ4n) is 2.90. The van der Waals surface area contributed by atoms with Gasteiger partial charge < -0.3 is 10.5 Å². The molecule has 2 N–H and O–H groups in total. The third-order valence-electron chi connectivity index (χ3n) is 4.13. The van der Waals surface area contributed by atoms with Gasteiger partial charge in [-0.3, -0.25) is 14.0 Å². The zero-order chi connectivity index (χ0) is 20.4. The summed E-state index contributed by atoms with van der Waals surface area (Å²) >= 11 is 0. The zero-order valence-electron chi connectivity index (χ0n) is 15.7. The van der Waals surface area contributed by atoms with E-state index >= 15 is 0 Å². The van der Waals surface area contributed by atoms with Crippen LogP contribution in [-0.4, -0.2) is 15.3 Å². The van der Waals surface area contributed by atoms with E-state index in [0.717, 1.165) is 22.8 Å². The average Bonchev–Trinajstić information content (AvgIpc) is 2.61. The van der Waals surface area contributed by atoms with E-state index in [1.54, 1.807) is 30.5 Å². The first kappa shape index (κ1) is 18.9. The van der Waals surface area contributed by atoms with E-state index < -0.39 is 11.5 Å². The Balaban J connectivity index is 2.31. The molecule has 0 aliphatic rings. The number of fused-ring (bicyclic) bond motifs is 1. The van der Waals surface area contributed by atoms with E-state index in [9.17, 15) is 14.9 Å². The Hall–Kier alpha value is -3.92. The van der Waals surface area contributed by atoms with Gasteiger partial charge in [0.15, 0.2) is 0 Å². The maximum absolute atomic E-state index is 13.0. The Bertz CT molecular complexity index is 1210. The summed E-state index contributed by atoms with van der Waals surface area (Å²) < 4.78 is 7.25. The zero-order valence-corrected chi connectivity index (χ0v) is 15.7. The van der Waals surface area contributed by atoms with Gasteiger partial charge in [0.25, 0.3) is 11.5 Å². The van der Waals surface area contributed by atoms with Crippen molar-refractivity contribution >= 4 is 17.6 Å². The molecule has 7 nitrogen and oxygen atoms in total. The molecule has 1 amide bonds. The maximum atomic E-state index is 13.0. The SMILES string of the molecule is Cc1cc(C)cc(Oc2nc3c(C)cccn3c(=O)c2C=C(C#N)C(N)=O)c1. The molecule has 7 heteroatoms. The molecule has 0 saturated heterocycles. The number of carbonyl (C=O) groups excluding carboxylic acids is 1. The lowest BCUT2D eigenvalue weighted by Crippen LogP contribution is -2.20. The minimum absolute atomic E-state index is 0.00157. The first-order valence-corrected chi connectivity index (χ1v) is 8.50. The van der Waals surface area contributed by atoms with Crippen molar-refractivity contribution in [3.63, 3.8) is 0 Å². The average molecular weight is 374 g/mol. The molecule has 0 atom stereocenters. The van der Waals surface area contributed by atoms with Crippen LogP contribution in [0, 0.1) is 32.1 Å². The summed E-state index contributed by atoms with van der Waals surface area (Å²) in [7, 11) is 0. The fourth-order valence-corrected chi connectivity index (χ4v) is 2.90. The van der Waals surface area contributed by atoms with Crippen molar-refractivity contribution in [1.29, 1.82) is 5.26 Å². The summed E-state index contributed by atoms with van der Waals surface area (Å²) in [6.45, 7) is 5.67. The van der Waals surface area contributed by atoms with E-state index in [1.807, 2.05) is 32.9 Å². The molecule has 3 rings (SSSR count). The number of nitrogens with zero attached hydrogens (tertiary/aromatic N) is 3. The number of hydrogen-bond donors (Lipinski definition) is 1. The molecule has 2 aromatic heterocycles. The Morgan fingerprint density at radius 1 is 1.25 bits per heavy atom. The largest absolute Gasteiger partial charge is 0.438 e. The van der Waals surface area contributed by atoms with Crippen LogP contribution >= 0.6 is 0 Å². The van der Waals surface area contributed by atoms with E-state index in [0.29, 0.717) is 11.4 Å². The van der Waals surface area contributed by atoms with Gasteiger partial charge in [-0.2, -0.15) is 10.2 Å². The standard InChI is InChI=1S/C21H18N4O3/c1-12-7-13(2)9-16(8-12)28-20-17(10-15(11-22)18(23)26)21(27)25-6-4-5-14(3)19(25)24-20/h4-10H,1-3H3,(H2,23,26). The number of pyridine rings is 1. The first-order chi connectivity index (χ1) is 13.3. The lowest BCUT2D eigenvalue weighted by Gasteiger charge is -2.12. The number of hydrogen-bond acceptors (Lipinski definition) is 5. The second-order valence-corrected chi connectivity index (χ2v) is 6.48. The topological polar surface area (TPSA) is 110 Å². The molecule has 0 aliphatic carbocycles. The van der Waals surface area contributed by atoms with Gasteiger partial charge in [0, 0.05) is 6.20 Å². The number of rotatable bonds is 4. The van der Waals surface area contributed by atoms with Gasteiger partial charge >= 0.3 is 0 Å². The number of nitriles is 1. The molecule has 0 spiro atoms. The second kappa shape index (κ2) is 7.37. The van der Waals surface area contributed by atoms with E-state index in [4.69, 9.17) is 10.5 Å². The lowest BCUT2D eigenvalue weighted by atomic mass is 10.1. The third kappa shape index (κ3) is 3.62. The number of aryl methyl sites for hydroxylation is 3. The van der Waals surface area contributed by atoms with Crippen molar-refractivity contribution in [2.24, 2.45) is 5.73 Å². The molecule has 28 heavy (non-hydrogen) atoms. The Morgan fingerprint density at radius 2 is 1.93 bits per heavy atom. The quantitative estimate of drug-likeness (QED) is 0.558. The van der Waals surface area contributed by atoms with Crippen LogP contribution in [-0.2, 0) is 4.79 Å². The second-order valence-electron chi connectivity index (χ2n) is 6.48. The molecule has 2 heterocycles. The van der Waals surface area contributed by atoms with Crippen LogP contribution in [0.15, 0.2) is 46.9 Å². The van der Waals surface area contributed by atoms with Crippen LogP contribution in [0.3, 0.4) is 0 Å². The minimum Gasteiger partial charge on any atom is -0.438 e. The molecule has 140 valence electrons. The van der Waals surface area contributed by atoms with Gasteiger partial charge in [-0.05, 0) is 61.7 Å². The number of benzene rings is 1. The highest BCUT2D eigenvalue weighted by Crippen LogP contribution is 2.26. The molecule has 0 unspecified atom stereocenters. The molecule has 0 bridgehead atoms. The summed E-state index contributed by atoms with van der Waals surface area (Å²) in [4.78, 5) is 29.0. The molecule has 0 fully saturated rings. The van der Waals surface area contributed by atoms with Crippen molar-refractivity contribution in [3.8, 4) is 17.7 Å². The van der Waals surface area contributed by atoms with Crippen LogP contribution in [0.4, 0.5) is 0 Å². The highest BCUT2D eigenvalue weighted by atomic mass is 16.5. The molecule has 3 aromatic rings. The number of nitrogens with two attached hydrogens (primary N) is 1. The predicted molar refractivity (Wildman–Crippen MR) is 105 cm³/mol. The number of primary amides is 1. The molecule has 0 saturated carbocycles. The molecular weight excluding hydrogens is 356 g/mol. The van der Waals surface area contributed by atoms with Crippen LogP contribution in [0.2, 0.25) is 0 Å². The summed E-state index contributed by atoms with van der Waals surface area (Å²) in [5.41, 5.74) is 7.52. The van der Waals surface area contributed by atoms with Gasteiger partial charge in [0.2, 0.25) is 5.88 Å². The molecular formula is C21H18N4O3. The summed E-state index contributed by atoms with van der Waals surface area (Å²) in [5.74, 6) is -0.443. The van der Waals surface area contributed by atoms with Crippen molar-refractivity contribution in [2.45, 2.75) is 20.8 Å². The maximum Gasteiger partial charge on any atom is 0.269 e. The normalized spacial score (nSPS) is 11.3. The number of aromatic nitrogens is 2. The Kier molecular flexibility index (Phi) is 4.96. The van der Waals surface area contributed by atoms with Gasteiger partial charge in [-0.25, -0.2) is 0 Å². The number of amides is 1. The van der Waals surface area contributed by atoms with E-state index in [2.05, 4.69) is 4.98 Å². The van der Waals surface area contributed by atoms with Gasteiger partial charge in [0.1, 0.15) is 28.6 Å². The minimum atomic E-state index is -0.936. The smallest absolute Gasteiger partial charge is 0.269 e. The lowest BCUT2D eigenvalue weighted by molar-refractivity contribution is -0.114. The van der Waals surface area contributed by atoms with Crippen molar-refractivity contribution < 1.29 is 9.53 Å². The van der Waals surface area contributed by atoms with Crippen LogP contribution in [0.5, 0.6) is 11.6 Å².